The quantitative estimate of drug-likeness (QED) is 0.802. The van der Waals surface area contributed by atoms with Gasteiger partial charge >= 0.3 is 0 Å². The van der Waals surface area contributed by atoms with Gasteiger partial charge in [-0.3, -0.25) is 4.79 Å². The minimum atomic E-state index is 0.0770. The Kier molecular flexibility index (Phi) is 4.10. The lowest BCUT2D eigenvalue weighted by atomic mass is 10.1. The van der Waals surface area contributed by atoms with E-state index in [4.69, 9.17) is 0 Å². The molecule has 3 aromatic heterocycles. The molecule has 0 unspecified atom stereocenters. The third kappa shape index (κ3) is 2.95. The summed E-state index contributed by atoms with van der Waals surface area (Å²) in [6.45, 7) is 6.61. The highest BCUT2D eigenvalue weighted by molar-refractivity contribution is 5.81. The van der Waals surface area contributed by atoms with Gasteiger partial charge in [-0.25, -0.2) is 9.97 Å². The molecule has 0 spiro atoms. The van der Waals surface area contributed by atoms with Gasteiger partial charge in [0.25, 0.3) is 5.56 Å². The fourth-order valence-electron chi connectivity index (χ4n) is 2.64. The molecule has 0 aliphatic heterocycles. The van der Waals surface area contributed by atoms with Gasteiger partial charge in [0.05, 0.1) is 5.52 Å². The summed E-state index contributed by atoms with van der Waals surface area (Å²) < 4.78 is 1.80. The van der Waals surface area contributed by atoms with Crippen molar-refractivity contribution in [1.82, 2.24) is 14.5 Å². The van der Waals surface area contributed by atoms with Crippen molar-refractivity contribution in [3.63, 3.8) is 0 Å². The molecule has 5 nitrogen and oxygen atoms in total. The highest BCUT2D eigenvalue weighted by Crippen LogP contribution is 2.19. The molecule has 3 aromatic rings. The van der Waals surface area contributed by atoms with Gasteiger partial charge in [-0.15, -0.1) is 0 Å². The smallest absolute Gasteiger partial charge is 0.254 e. The van der Waals surface area contributed by atoms with Crippen molar-refractivity contribution in [2.24, 2.45) is 0 Å². The van der Waals surface area contributed by atoms with E-state index in [0.29, 0.717) is 12.4 Å². The number of pyridine rings is 3. The predicted molar refractivity (Wildman–Crippen MR) is 93.3 cm³/mol. The van der Waals surface area contributed by atoms with Gasteiger partial charge < -0.3 is 9.88 Å². The number of hydrogen-bond donors (Lipinski definition) is 1. The van der Waals surface area contributed by atoms with Gasteiger partial charge in [-0.05, 0) is 38.0 Å². The number of hydrogen-bond acceptors (Lipinski definition) is 4. The molecule has 0 aliphatic rings. The highest BCUT2D eigenvalue weighted by atomic mass is 16.1. The lowest BCUT2D eigenvalue weighted by Crippen LogP contribution is -2.23. The van der Waals surface area contributed by atoms with E-state index in [1.54, 1.807) is 17.0 Å². The van der Waals surface area contributed by atoms with Crippen LogP contribution in [-0.2, 0) is 13.0 Å². The molecule has 0 saturated carbocycles. The van der Waals surface area contributed by atoms with E-state index in [1.165, 1.54) is 0 Å². The third-order valence-corrected chi connectivity index (χ3v) is 3.92. The maximum atomic E-state index is 12.5. The Bertz CT molecular complexity index is 897. The van der Waals surface area contributed by atoms with Gasteiger partial charge in [-0.2, -0.15) is 0 Å². The van der Waals surface area contributed by atoms with E-state index < -0.39 is 0 Å². The van der Waals surface area contributed by atoms with Crippen molar-refractivity contribution in [2.75, 3.05) is 5.32 Å². The van der Waals surface area contributed by atoms with Crippen molar-refractivity contribution >= 4 is 22.5 Å². The SMILES string of the molecule is CCc1cc2cnc(Nc3ccc(C)cn3)cc2n(CC)c1=O. The normalized spacial score (nSPS) is 10.9. The van der Waals surface area contributed by atoms with E-state index in [0.717, 1.165) is 34.3 Å². The van der Waals surface area contributed by atoms with E-state index in [-0.39, 0.29) is 5.56 Å². The number of nitrogens with one attached hydrogen (secondary N) is 1. The summed E-state index contributed by atoms with van der Waals surface area (Å²) in [6, 6.07) is 7.74. The van der Waals surface area contributed by atoms with Crippen LogP contribution >= 0.6 is 0 Å². The molecule has 23 heavy (non-hydrogen) atoms. The summed E-state index contributed by atoms with van der Waals surface area (Å²) in [5.41, 5.74) is 2.89. The van der Waals surface area contributed by atoms with Gasteiger partial charge in [-0.1, -0.05) is 13.0 Å². The van der Waals surface area contributed by atoms with Crippen LogP contribution < -0.4 is 10.9 Å². The van der Waals surface area contributed by atoms with Crippen molar-refractivity contribution in [3.05, 3.63) is 58.1 Å². The first-order chi connectivity index (χ1) is 11.1. The summed E-state index contributed by atoms with van der Waals surface area (Å²) in [6.07, 6.45) is 4.33. The fraction of sp³-hybridized carbons (Fsp3) is 0.278. The first-order valence-corrected chi connectivity index (χ1v) is 7.84. The Labute approximate surface area is 135 Å². The molecule has 0 radical (unpaired) electrons. The lowest BCUT2D eigenvalue weighted by molar-refractivity contribution is 0.748. The Morgan fingerprint density at radius 1 is 1.09 bits per heavy atom. The second kappa shape index (κ2) is 6.20. The number of fused-ring (bicyclic) bond motifs is 1. The van der Waals surface area contributed by atoms with Crippen LogP contribution in [0, 0.1) is 6.92 Å². The zero-order valence-electron chi connectivity index (χ0n) is 13.6. The van der Waals surface area contributed by atoms with Crippen molar-refractivity contribution in [3.8, 4) is 0 Å². The second-order valence-electron chi connectivity index (χ2n) is 5.55. The lowest BCUT2D eigenvalue weighted by Gasteiger charge is -2.12. The van der Waals surface area contributed by atoms with Gasteiger partial charge in [0.15, 0.2) is 0 Å². The van der Waals surface area contributed by atoms with Crippen LogP contribution in [0.15, 0.2) is 41.5 Å². The standard InChI is InChI=1S/C18H20N4O/c1-4-13-8-14-11-20-17(9-15(14)22(5-2)18(13)23)21-16-7-6-12(3)10-19-16/h6-11H,4-5H2,1-3H3,(H,19,20,21). The van der Waals surface area contributed by atoms with E-state index >= 15 is 0 Å². The molecule has 0 fully saturated rings. The minimum Gasteiger partial charge on any atom is -0.325 e. The van der Waals surface area contributed by atoms with Gasteiger partial charge in [0, 0.05) is 36.0 Å². The summed E-state index contributed by atoms with van der Waals surface area (Å²) >= 11 is 0. The number of aromatic nitrogens is 3. The average Bonchev–Trinajstić information content (AvgIpc) is 2.56. The predicted octanol–water partition coefficient (Wildman–Crippen LogP) is 3.43. The van der Waals surface area contributed by atoms with Crippen LogP contribution in [0.1, 0.15) is 25.0 Å². The van der Waals surface area contributed by atoms with E-state index in [9.17, 15) is 4.79 Å². The first-order valence-electron chi connectivity index (χ1n) is 7.84. The molecule has 0 atom stereocenters. The first kappa shape index (κ1) is 15.2. The topological polar surface area (TPSA) is 59.8 Å². The minimum absolute atomic E-state index is 0.0770. The number of aryl methyl sites for hydroxylation is 3. The summed E-state index contributed by atoms with van der Waals surface area (Å²) in [5, 5.41) is 4.16. The highest BCUT2D eigenvalue weighted by Gasteiger charge is 2.09. The monoisotopic (exact) mass is 308 g/mol. The Hall–Kier alpha value is -2.69. The third-order valence-electron chi connectivity index (χ3n) is 3.92. The zero-order chi connectivity index (χ0) is 16.4. The van der Waals surface area contributed by atoms with Crippen LogP contribution in [0.5, 0.6) is 0 Å². The average molecular weight is 308 g/mol. The molecular weight excluding hydrogens is 288 g/mol. The van der Waals surface area contributed by atoms with Crippen LogP contribution in [0.2, 0.25) is 0 Å². The molecule has 118 valence electrons. The molecular formula is C18H20N4O. The molecule has 0 bridgehead atoms. The summed E-state index contributed by atoms with van der Waals surface area (Å²) in [7, 11) is 0. The summed E-state index contributed by atoms with van der Waals surface area (Å²) in [5.74, 6) is 1.41. The Morgan fingerprint density at radius 2 is 1.87 bits per heavy atom. The molecule has 0 aromatic carbocycles. The molecule has 3 heterocycles. The van der Waals surface area contributed by atoms with Crippen LogP contribution in [0.25, 0.3) is 10.9 Å². The van der Waals surface area contributed by atoms with Gasteiger partial charge in [0.2, 0.25) is 0 Å². The van der Waals surface area contributed by atoms with Crippen LogP contribution in [0.4, 0.5) is 11.6 Å². The molecule has 0 saturated heterocycles. The fourth-order valence-corrected chi connectivity index (χ4v) is 2.64. The van der Waals surface area contributed by atoms with Gasteiger partial charge in [0.1, 0.15) is 11.6 Å². The number of anilines is 2. The molecule has 5 heteroatoms. The molecule has 0 amide bonds. The van der Waals surface area contributed by atoms with Crippen molar-refractivity contribution in [1.29, 1.82) is 0 Å². The maximum Gasteiger partial charge on any atom is 0.254 e. The molecule has 1 N–H and O–H groups in total. The largest absolute Gasteiger partial charge is 0.325 e. The van der Waals surface area contributed by atoms with Crippen molar-refractivity contribution < 1.29 is 0 Å². The van der Waals surface area contributed by atoms with Crippen molar-refractivity contribution in [2.45, 2.75) is 33.7 Å². The molecule has 3 rings (SSSR count). The van der Waals surface area contributed by atoms with Crippen LogP contribution in [-0.4, -0.2) is 14.5 Å². The second-order valence-corrected chi connectivity index (χ2v) is 5.55. The van der Waals surface area contributed by atoms with E-state index in [1.807, 2.05) is 45.0 Å². The summed E-state index contributed by atoms with van der Waals surface area (Å²) in [4.78, 5) is 21.2. The number of rotatable bonds is 4. The number of nitrogens with zero attached hydrogens (tertiary/aromatic N) is 3. The maximum absolute atomic E-state index is 12.5. The molecule has 0 aliphatic carbocycles. The van der Waals surface area contributed by atoms with Crippen LogP contribution in [0.3, 0.4) is 0 Å². The Morgan fingerprint density at radius 3 is 2.52 bits per heavy atom. The van der Waals surface area contributed by atoms with E-state index in [2.05, 4.69) is 15.3 Å². The Balaban J connectivity index is 2.07. The zero-order valence-corrected chi connectivity index (χ0v) is 13.6.